The number of nitrogens with zero attached hydrogens (tertiary/aromatic N) is 5. The summed E-state index contributed by atoms with van der Waals surface area (Å²) >= 11 is 0. The van der Waals surface area contributed by atoms with Gasteiger partial charge in [-0.25, -0.2) is 15.0 Å². The number of aromatic nitrogens is 2. The number of fused-ring (bicyclic) bond motifs is 7. The Morgan fingerprint density at radius 3 is 1.64 bits per heavy atom. The maximum atomic E-state index is 5.21. The van der Waals surface area contributed by atoms with Crippen molar-refractivity contribution in [2.24, 2.45) is 15.0 Å². The highest BCUT2D eigenvalue weighted by molar-refractivity contribution is 6.23. The topological polar surface area (TPSA) is 46.9 Å². The van der Waals surface area contributed by atoms with Crippen molar-refractivity contribution in [3.05, 3.63) is 163 Å². The predicted molar refractivity (Wildman–Crippen MR) is 189 cm³/mol. The molecule has 0 aliphatic rings. The lowest BCUT2D eigenvalue weighted by molar-refractivity contribution is 0.792. The third-order valence-corrected chi connectivity index (χ3v) is 8.37. The highest BCUT2D eigenvalue weighted by Gasteiger charge is 2.20. The van der Waals surface area contributed by atoms with Crippen LogP contribution in [0.1, 0.15) is 11.1 Å². The van der Waals surface area contributed by atoms with E-state index in [0.29, 0.717) is 18.3 Å². The molecule has 0 fully saturated rings. The van der Waals surface area contributed by atoms with Gasteiger partial charge in [0.25, 0.3) is 0 Å². The zero-order valence-electron chi connectivity index (χ0n) is 24.6. The molecule has 0 aliphatic heterocycles. The molecule has 0 bridgehead atoms. The standard InChI is InChI=1S/C40H29N5/c1-41-39(28-15-5-2-6-16-28)43-40(29-17-7-3-8-18-29)42-27-44-35-23-13-11-21-31(35)33-25-26-34-32-22-12-14-24-36(32)45(38(34)37(33)44)30-19-9-4-10-20-30/h2-26H,1,27H2/b42-40-,43-39-. The smallest absolute Gasteiger partial charge is 0.161 e. The van der Waals surface area contributed by atoms with Crippen LogP contribution >= 0.6 is 0 Å². The zero-order chi connectivity index (χ0) is 30.2. The molecule has 0 N–H and O–H groups in total. The lowest BCUT2D eigenvalue weighted by Gasteiger charge is -2.12. The molecule has 45 heavy (non-hydrogen) atoms. The second-order valence-corrected chi connectivity index (χ2v) is 10.9. The number of rotatable bonds is 5. The summed E-state index contributed by atoms with van der Waals surface area (Å²) in [5, 5.41) is 4.81. The van der Waals surface area contributed by atoms with Crippen molar-refractivity contribution in [3.8, 4) is 5.69 Å². The Labute approximate surface area is 260 Å². The third kappa shape index (κ3) is 4.53. The van der Waals surface area contributed by atoms with Crippen LogP contribution < -0.4 is 0 Å². The molecule has 0 saturated heterocycles. The first kappa shape index (κ1) is 26.5. The van der Waals surface area contributed by atoms with Crippen LogP contribution in [0, 0.1) is 0 Å². The number of para-hydroxylation sites is 3. The fourth-order valence-corrected chi connectivity index (χ4v) is 6.37. The van der Waals surface area contributed by atoms with E-state index in [0.717, 1.165) is 33.4 Å². The summed E-state index contributed by atoms with van der Waals surface area (Å²) in [4.78, 5) is 14.5. The minimum atomic E-state index is 0.367. The first-order chi connectivity index (χ1) is 22.3. The van der Waals surface area contributed by atoms with Gasteiger partial charge in [-0.3, -0.25) is 0 Å². The number of aliphatic imine (C=N–C) groups is 3. The van der Waals surface area contributed by atoms with Crippen molar-refractivity contribution in [2.75, 3.05) is 0 Å². The van der Waals surface area contributed by atoms with Gasteiger partial charge < -0.3 is 9.13 Å². The van der Waals surface area contributed by atoms with E-state index >= 15 is 0 Å². The van der Waals surface area contributed by atoms with E-state index in [1.54, 1.807) is 0 Å². The summed E-state index contributed by atoms with van der Waals surface area (Å²) in [6.07, 6.45) is 0. The fourth-order valence-electron chi connectivity index (χ4n) is 6.37. The summed E-state index contributed by atoms with van der Waals surface area (Å²) in [6.45, 7) is 4.19. The number of benzene rings is 6. The SMILES string of the molecule is C=N/C(=N\C(=N/Cn1c2ccccc2c2ccc3c4ccccc4n(-c4ccccc4)c3c21)c1ccccc1)c1ccccc1. The van der Waals surface area contributed by atoms with E-state index in [9.17, 15) is 0 Å². The highest BCUT2D eigenvalue weighted by atomic mass is 15.1. The van der Waals surface area contributed by atoms with Crippen LogP contribution in [0.25, 0.3) is 49.3 Å². The Bertz CT molecular complexity index is 2400. The van der Waals surface area contributed by atoms with Crippen molar-refractivity contribution in [1.29, 1.82) is 0 Å². The monoisotopic (exact) mass is 579 g/mol. The number of hydrogen-bond acceptors (Lipinski definition) is 1. The lowest BCUT2D eigenvalue weighted by Crippen LogP contribution is -2.07. The normalized spacial score (nSPS) is 12.4. The molecule has 2 heterocycles. The first-order valence-electron chi connectivity index (χ1n) is 15.0. The molecule has 5 nitrogen and oxygen atoms in total. The van der Waals surface area contributed by atoms with Gasteiger partial charge in [0.1, 0.15) is 6.67 Å². The van der Waals surface area contributed by atoms with Crippen molar-refractivity contribution in [1.82, 2.24) is 9.13 Å². The van der Waals surface area contributed by atoms with Gasteiger partial charge in [-0.1, -0.05) is 127 Å². The average molecular weight is 580 g/mol. The molecule has 2 aromatic heterocycles. The van der Waals surface area contributed by atoms with Crippen LogP contribution in [0.15, 0.2) is 167 Å². The average Bonchev–Trinajstić information content (AvgIpc) is 3.62. The molecule has 8 rings (SSSR count). The maximum absolute atomic E-state index is 5.21. The van der Waals surface area contributed by atoms with Crippen LogP contribution in [0.4, 0.5) is 0 Å². The van der Waals surface area contributed by atoms with Crippen molar-refractivity contribution in [3.63, 3.8) is 0 Å². The molecule has 6 aromatic carbocycles. The zero-order valence-corrected chi connectivity index (χ0v) is 24.6. The van der Waals surface area contributed by atoms with Gasteiger partial charge in [0, 0.05) is 38.4 Å². The minimum Gasteiger partial charge on any atom is -0.318 e. The predicted octanol–water partition coefficient (Wildman–Crippen LogP) is 9.44. The van der Waals surface area contributed by atoms with Gasteiger partial charge in [0.05, 0.1) is 22.1 Å². The Morgan fingerprint density at radius 2 is 1.00 bits per heavy atom. The van der Waals surface area contributed by atoms with Crippen LogP contribution in [-0.2, 0) is 6.67 Å². The molecule has 0 amide bonds. The minimum absolute atomic E-state index is 0.367. The second-order valence-electron chi connectivity index (χ2n) is 10.9. The van der Waals surface area contributed by atoms with Crippen molar-refractivity contribution < 1.29 is 0 Å². The third-order valence-electron chi connectivity index (χ3n) is 8.37. The van der Waals surface area contributed by atoms with Crippen LogP contribution in [-0.4, -0.2) is 27.5 Å². The van der Waals surface area contributed by atoms with Gasteiger partial charge in [0.2, 0.25) is 0 Å². The van der Waals surface area contributed by atoms with Crippen LogP contribution in [0.2, 0.25) is 0 Å². The van der Waals surface area contributed by atoms with Gasteiger partial charge in [-0.05, 0) is 31.0 Å². The first-order valence-corrected chi connectivity index (χ1v) is 15.0. The van der Waals surface area contributed by atoms with E-state index < -0.39 is 0 Å². The van der Waals surface area contributed by atoms with Crippen molar-refractivity contribution >= 4 is 62.0 Å². The lowest BCUT2D eigenvalue weighted by atomic mass is 10.1. The summed E-state index contributed by atoms with van der Waals surface area (Å²) in [5.74, 6) is 1.13. The van der Waals surface area contributed by atoms with E-state index in [-0.39, 0.29) is 0 Å². The molecule has 0 atom stereocenters. The van der Waals surface area contributed by atoms with Gasteiger partial charge in [-0.2, -0.15) is 0 Å². The summed E-state index contributed by atoms with van der Waals surface area (Å²) in [7, 11) is 0. The van der Waals surface area contributed by atoms with Gasteiger partial charge in [-0.15, -0.1) is 0 Å². The molecule has 0 aliphatic carbocycles. The summed E-state index contributed by atoms with van der Waals surface area (Å²) < 4.78 is 4.71. The van der Waals surface area contributed by atoms with Gasteiger partial charge in [0.15, 0.2) is 11.7 Å². The Balaban J connectivity index is 1.42. The summed E-state index contributed by atoms with van der Waals surface area (Å²) in [5.41, 5.74) is 7.52. The highest BCUT2D eigenvalue weighted by Crippen LogP contribution is 2.40. The molecule has 214 valence electrons. The van der Waals surface area contributed by atoms with E-state index in [1.165, 1.54) is 27.1 Å². The van der Waals surface area contributed by atoms with Crippen LogP contribution in [0.5, 0.6) is 0 Å². The molecule has 0 unspecified atom stereocenters. The van der Waals surface area contributed by atoms with E-state index in [4.69, 9.17) is 9.98 Å². The Kier molecular flexibility index (Phi) is 6.61. The molecule has 0 radical (unpaired) electrons. The quantitative estimate of drug-likeness (QED) is 0.144. The maximum Gasteiger partial charge on any atom is 0.161 e. The fraction of sp³-hybridized carbons (Fsp3) is 0.0250. The van der Waals surface area contributed by atoms with Gasteiger partial charge >= 0.3 is 0 Å². The Hall–Kier alpha value is -6.07. The molecule has 8 aromatic rings. The largest absolute Gasteiger partial charge is 0.318 e. The number of hydrogen-bond donors (Lipinski definition) is 0. The second kappa shape index (κ2) is 11.2. The molecule has 0 spiro atoms. The number of amidine groups is 2. The van der Waals surface area contributed by atoms with E-state index in [1.807, 2.05) is 60.7 Å². The summed E-state index contributed by atoms with van der Waals surface area (Å²) in [6, 6.07) is 52.3. The molecular formula is C40H29N5. The molecule has 0 saturated carbocycles. The Morgan fingerprint density at radius 1 is 0.489 bits per heavy atom. The molecule has 5 heteroatoms. The van der Waals surface area contributed by atoms with Crippen molar-refractivity contribution in [2.45, 2.75) is 6.67 Å². The van der Waals surface area contributed by atoms with E-state index in [2.05, 4.69) is 112 Å². The molecular weight excluding hydrogens is 550 g/mol. The van der Waals surface area contributed by atoms with Crippen LogP contribution in [0.3, 0.4) is 0 Å².